The Labute approximate surface area is 157 Å². The van der Waals surface area contributed by atoms with Crippen molar-refractivity contribution in [2.45, 2.75) is 31.1 Å². The third-order valence-corrected chi connectivity index (χ3v) is 5.49. The number of hydrogen-bond donors (Lipinski definition) is 2. The van der Waals surface area contributed by atoms with Gasteiger partial charge in [0.1, 0.15) is 0 Å². The number of nitrogens with one attached hydrogen (secondary N) is 2. The molecule has 1 aliphatic heterocycles. The summed E-state index contributed by atoms with van der Waals surface area (Å²) in [5.41, 5.74) is 1.96. The van der Waals surface area contributed by atoms with Crippen molar-refractivity contribution in [3.8, 4) is 0 Å². The minimum Gasteiger partial charge on any atom is -0.462 e. The lowest BCUT2D eigenvalue weighted by molar-refractivity contribution is -0.115. The van der Waals surface area contributed by atoms with Crippen LogP contribution >= 0.6 is 0 Å². The first-order chi connectivity index (χ1) is 12.9. The van der Waals surface area contributed by atoms with Crippen molar-refractivity contribution >= 4 is 33.3 Å². The Kier molecular flexibility index (Phi) is 5.46. The number of esters is 1. The van der Waals surface area contributed by atoms with Crippen molar-refractivity contribution < 1.29 is 22.7 Å². The molecule has 2 aromatic carbocycles. The van der Waals surface area contributed by atoms with Crippen molar-refractivity contribution in [3.63, 3.8) is 0 Å². The van der Waals surface area contributed by atoms with Crippen molar-refractivity contribution in [3.05, 3.63) is 53.6 Å². The minimum atomic E-state index is -3.81. The summed E-state index contributed by atoms with van der Waals surface area (Å²) in [6.45, 7) is 2.36. The van der Waals surface area contributed by atoms with Gasteiger partial charge in [0.2, 0.25) is 5.91 Å². The average Bonchev–Trinajstić information content (AvgIpc) is 3.01. The second kappa shape index (κ2) is 7.79. The van der Waals surface area contributed by atoms with Gasteiger partial charge in [-0.3, -0.25) is 9.52 Å². The van der Waals surface area contributed by atoms with Gasteiger partial charge in [0.25, 0.3) is 10.0 Å². The molecule has 0 radical (unpaired) electrons. The molecule has 3 rings (SSSR count). The molecule has 0 saturated carbocycles. The average molecular weight is 388 g/mol. The smallest absolute Gasteiger partial charge is 0.338 e. The number of carbonyl (C=O) groups excluding carboxylic acids is 2. The van der Waals surface area contributed by atoms with E-state index < -0.39 is 16.0 Å². The molecule has 2 N–H and O–H groups in total. The molecule has 0 saturated heterocycles. The number of carbonyl (C=O) groups is 2. The molecule has 0 spiro atoms. The number of benzene rings is 2. The third-order valence-electron chi connectivity index (χ3n) is 4.12. The van der Waals surface area contributed by atoms with Crippen LogP contribution in [0.4, 0.5) is 11.4 Å². The summed E-state index contributed by atoms with van der Waals surface area (Å²) in [7, 11) is -3.81. The van der Waals surface area contributed by atoms with E-state index in [1.54, 1.807) is 6.07 Å². The van der Waals surface area contributed by atoms with Crippen LogP contribution in [0.15, 0.2) is 47.4 Å². The standard InChI is InChI=1S/C19H20N2O5S/c1-2-3-10-26-19(23)13-4-6-15(7-5-13)21-27(24,25)16-8-9-17-14(11-16)12-18(22)20-17/h4-9,11,21H,2-3,10,12H2,1H3,(H,20,22). The largest absolute Gasteiger partial charge is 0.462 e. The molecule has 0 unspecified atom stereocenters. The molecular weight excluding hydrogens is 368 g/mol. The number of rotatable bonds is 7. The van der Waals surface area contributed by atoms with E-state index in [-0.39, 0.29) is 17.2 Å². The van der Waals surface area contributed by atoms with Gasteiger partial charge >= 0.3 is 5.97 Å². The maximum atomic E-state index is 12.6. The Balaban J connectivity index is 1.70. The van der Waals surface area contributed by atoms with E-state index in [1.165, 1.54) is 36.4 Å². The van der Waals surface area contributed by atoms with E-state index in [2.05, 4.69) is 10.0 Å². The van der Waals surface area contributed by atoms with Gasteiger partial charge in [0.15, 0.2) is 0 Å². The highest BCUT2D eigenvalue weighted by molar-refractivity contribution is 7.92. The Morgan fingerprint density at radius 1 is 1.19 bits per heavy atom. The molecule has 7 nitrogen and oxygen atoms in total. The monoisotopic (exact) mass is 388 g/mol. The highest BCUT2D eigenvalue weighted by Gasteiger charge is 2.22. The van der Waals surface area contributed by atoms with E-state index in [9.17, 15) is 18.0 Å². The zero-order chi connectivity index (χ0) is 19.4. The molecular formula is C19H20N2O5S. The second-order valence-corrected chi connectivity index (χ2v) is 7.90. The molecule has 0 aliphatic carbocycles. The van der Waals surface area contributed by atoms with E-state index in [0.29, 0.717) is 29.1 Å². The lowest BCUT2D eigenvalue weighted by Gasteiger charge is -2.10. The first kappa shape index (κ1) is 18.9. The van der Waals surface area contributed by atoms with Crippen LogP contribution in [0, 0.1) is 0 Å². The Hall–Kier alpha value is -2.87. The van der Waals surface area contributed by atoms with Gasteiger partial charge in [-0.1, -0.05) is 13.3 Å². The molecule has 8 heteroatoms. The minimum absolute atomic E-state index is 0.0702. The molecule has 0 aromatic heterocycles. The molecule has 27 heavy (non-hydrogen) atoms. The van der Waals surface area contributed by atoms with Crippen molar-refractivity contribution in [2.24, 2.45) is 0 Å². The van der Waals surface area contributed by atoms with Crippen LogP contribution in [0.25, 0.3) is 0 Å². The lowest BCUT2D eigenvalue weighted by atomic mass is 10.2. The number of fused-ring (bicyclic) bond motifs is 1. The molecule has 1 amide bonds. The first-order valence-corrected chi connectivity index (χ1v) is 10.1. The van der Waals surface area contributed by atoms with Gasteiger partial charge in [-0.05, 0) is 54.4 Å². The summed E-state index contributed by atoms with van der Waals surface area (Å²) in [6, 6.07) is 10.5. The molecule has 0 fully saturated rings. The van der Waals surface area contributed by atoms with Gasteiger partial charge in [0, 0.05) is 11.4 Å². The number of ether oxygens (including phenoxy) is 1. The van der Waals surface area contributed by atoms with Gasteiger partial charge in [-0.15, -0.1) is 0 Å². The van der Waals surface area contributed by atoms with Crippen LogP contribution in [0.2, 0.25) is 0 Å². The van der Waals surface area contributed by atoms with Gasteiger partial charge in [0.05, 0.1) is 23.5 Å². The highest BCUT2D eigenvalue weighted by atomic mass is 32.2. The Bertz CT molecular complexity index is 968. The van der Waals surface area contributed by atoms with Crippen molar-refractivity contribution in [2.75, 3.05) is 16.6 Å². The highest BCUT2D eigenvalue weighted by Crippen LogP contribution is 2.26. The zero-order valence-electron chi connectivity index (χ0n) is 14.8. The van der Waals surface area contributed by atoms with Gasteiger partial charge in [-0.25, -0.2) is 13.2 Å². The van der Waals surface area contributed by atoms with Crippen LogP contribution in [0.5, 0.6) is 0 Å². The molecule has 2 aromatic rings. The van der Waals surface area contributed by atoms with Crippen LogP contribution in [0.1, 0.15) is 35.7 Å². The quantitative estimate of drug-likeness (QED) is 0.561. The fourth-order valence-electron chi connectivity index (χ4n) is 2.65. The second-order valence-electron chi connectivity index (χ2n) is 6.22. The topological polar surface area (TPSA) is 102 Å². The van der Waals surface area contributed by atoms with Crippen LogP contribution in [0.3, 0.4) is 0 Å². The number of amides is 1. The van der Waals surface area contributed by atoms with Crippen LogP contribution in [-0.4, -0.2) is 26.9 Å². The predicted molar refractivity (Wildman–Crippen MR) is 101 cm³/mol. The van der Waals surface area contributed by atoms with Crippen LogP contribution < -0.4 is 10.0 Å². The third kappa shape index (κ3) is 4.46. The van der Waals surface area contributed by atoms with Crippen molar-refractivity contribution in [1.29, 1.82) is 0 Å². The predicted octanol–water partition coefficient (Wildman–Crippen LogP) is 2.94. The van der Waals surface area contributed by atoms with Gasteiger partial charge < -0.3 is 10.1 Å². The number of sulfonamides is 1. The maximum absolute atomic E-state index is 12.6. The number of anilines is 2. The fraction of sp³-hybridized carbons (Fsp3) is 0.263. The zero-order valence-corrected chi connectivity index (χ0v) is 15.6. The molecule has 1 aliphatic rings. The summed E-state index contributed by atoms with van der Waals surface area (Å²) in [5.74, 6) is -0.595. The summed E-state index contributed by atoms with van der Waals surface area (Å²) in [6.07, 6.45) is 1.89. The maximum Gasteiger partial charge on any atom is 0.338 e. The number of unbranched alkanes of at least 4 members (excludes halogenated alkanes) is 1. The summed E-state index contributed by atoms with van der Waals surface area (Å²) < 4.78 is 32.7. The fourth-order valence-corrected chi connectivity index (χ4v) is 3.76. The first-order valence-electron chi connectivity index (χ1n) is 8.62. The SMILES string of the molecule is CCCCOC(=O)c1ccc(NS(=O)(=O)c2ccc3c(c2)CC(=O)N3)cc1. The van der Waals surface area contributed by atoms with E-state index in [1.807, 2.05) is 6.92 Å². The molecule has 142 valence electrons. The summed E-state index contributed by atoms with van der Waals surface area (Å²) >= 11 is 0. The number of hydrogen-bond acceptors (Lipinski definition) is 5. The molecule has 0 bridgehead atoms. The summed E-state index contributed by atoms with van der Waals surface area (Å²) in [4.78, 5) is 23.4. The van der Waals surface area contributed by atoms with Crippen LogP contribution in [-0.2, 0) is 26.0 Å². The molecule has 1 heterocycles. The summed E-state index contributed by atoms with van der Waals surface area (Å²) in [5, 5.41) is 2.66. The lowest BCUT2D eigenvalue weighted by Crippen LogP contribution is -2.13. The normalized spacial score (nSPS) is 13.0. The van der Waals surface area contributed by atoms with Gasteiger partial charge in [-0.2, -0.15) is 0 Å². The Morgan fingerprint density at radius 3 is 2.63 bits per heavy atom. The van der Waals surface area contributed by atoms with E-state index in [0.717, 1.165) is 12.8 Å². The molecule has 0 atom stereocenters. The van der Waals surface area contributed by atoms with Crippen molar-refractivity contribution in [1.82, 2.24) is 0 Å². The van der Waals surface area contributed by atoms with E-state index >= 15 is 0 Å². The van der Waals surface area contributed by atoms with E-state index in [4.69, 9.17) is 4.74 Å². The Morgan fingerprint density at radius 2 is 1.93 bits per heavy atom.